The molecule has 0 aliphatic rings. The minimum Gasteiger partial charge on any atom is -0.462 e. The lowest BCUT2D eigenvalue weighted by Crippen LogP contribution is -2.30. The molecule has 0 saturated carbocycles. The van der Waals surface area contributed by atoms with Gasteiger partial charge in [0.25, 0.3) is 0 Å². The van der Waals surface area contributed by atoms with Crippen LogP contribution < -0.4 is 0 Å². The predicted molar refractivity (Wildman–Crippen MR) is 298 cm³/mol. The van der Waals surface area contributed by atoms with E-state index >= 15 is 0 Å². The number of esters is 3. The number of ether oxygens (including phenoxy) is 3. The quantitative estimate of drug-likeness (QED) is 0.0261. The van der Waals surface area contributed by atoms with Gasteiger partial charge in [0, 0.05) is 19.3 Å². The van der Waals surface area contributed by atoms with Crippen LogP contribution in [0.4, 0.5) is 0 Å². The maximum Gasteiger partial charge on any atom is 0.306 e. The predicted octanol–water partition coefficient (Wildman–Crippen LogP) is 20.4. The Kier molecular flexibility index (Phi) is 56.2. The SMILES string of the molecule is CCCCCCC/C=C\C/C=C\CCCCCCCCCCCCCC(=O)OCC(COC(=O)CCCCCCC)OC(=O)CCCCCCCCCCCCC/C=C\CCCCCCCCCC. The lowest BCUT2D eigenvalue weighted by Gasteiger charge is -2.18. The summed E-state index contributed by atoms with van der Waals surface area (Å²) in [6.45, 7) is 6.59. The van der Waals surface area contributed by atoms with Gasteiger partial charge >= 0.3 is 17.9 Å². The van der Waals surface area contributed by atoms with Gasteiger partial charge in [-0.15, -0.1) is 0 Å². The van der Waals surface area contributed by atoms with Crippen LogP contribution in [0, 0.1) is 0 Å². The Hall–Kier alpha value is -2.37. The second kappa shape index (κ2) is 58.2. The van der Waals surface area contributed by atoms with E-state index in [4.69, 9.17) is 14.2 Å². The lowest BCUT2D eigenvalue weighted by molar-refractivity contribution is -0.167. The Balaban J connectivity index is 4.04. The van der Waals surface area contributed by atoms with Gasteiger partial charge in [0.1, 0.15) is 13.2 Å². The third kappa shape index (κ3) is 56.4. The van der Waals surface area contributed by atoms with E-state index in [2.05, 4.69) is 57.2 Å². The van der Waals surface area contributed by atoms with E-state index in [1.54, 1.807) is 0 Å². The molecule has 0 heterocycles. The average Bonchev–Trinajstić information content (AvgIpc) is 3.35. The summed E-state index contributed by atoms with van der Waals surface area (Å²) < 4.78 is 16.8. The first kappa shape index (κ1) is 66.6. The van der Waals surface area contributed by atoms with Gasteiger partial charge in [-0.1, -0.05) is 269 Å². The van der Waals surface area contributed by atoms with E-state index in [-0.39, 0.29) is 31.1 Å². The van der Waals surface area contributed by atoms with Crippen molar-refractivity contribution in [2.75, 3.05) is 13.2 Å². The van der Waals surface area contributed by atoms with Gasteiger partial charge in [-0.2, -0.15) is 0 Å². The van der Waals surface area contributed by atoms with Crippen LogP contribution in [0.5, 0.6) is 0 Å². The number of hydrogen-bond donors (Lipinski definition) is 0. The number of hydrogen-bond acceptors (Lipinski definition) is 6. The van der Waals surface area contributed by atoms with Crippen molar-refractivity contribution in [3.8, 4) is 0 Å². The van der Waals surface area contributed by atoms with Crippen LogP contribution in [0.15, 0.2) is 36.5 Å². The first-order valence-electron chi connectivity index (χ1n) is 30.5. The van der Waals surface area contributed by atoms with Crippen molar-refractivity contribution < 1.29 is 28.6 Å². The molecule has 6 nitrogen and oxygen atoms in total. The highest BCUT2D eigenvalue weighted by atomic mass is 16.6. The van der Waals surface area contributed by atoms with Gasteiger partial charge in [-0.3, -0.25) is 14.4 Å². The fraction of sp³-hybridized carbons (Fsp3) is 0.857. The number of rotatable bonds is 56. The zero-order valence-corrected chi connectivity index (χ0v) is 46.3. The number of carbonyl (C=O) groups is 3. The van der Waals surface area contributed by atoms with Crippen molar-refractivity contribution in [2.24, 2.45) is 0 Å². The van der Waals surface area contributed by atoms with Gasteiger partial charge in [0.2, 0.25) is 0 Å². The highest BCUT2D eigenvalue weighted by molar-refractivity contribution is 5.71. The molecule has 0 saturated heterocycles. The third-order valence-electron chi connectivity index (χ3n) is 13.6. The third-order valence-corrected chi connectivity index (χ3v) is 13.6. The summed E-state index contributed by atoms with van der Waals surface area (Å²) in [6.07, 6.45) is 70.5. The maximum absolute atomic E-state index is 12.8. The lowest BCUT2D eigenvalue weighted by atomic mass is 10.0. The maximum atomic E-state index is 12.8. The summed E-state index contributed by atoms with van der Waals surface area (Å²) in [5.74, 6) is -0.871. The minimum atomic E-state index is -0.768. The Bertz CT molecular complexity index is 1160. The van der Waals surface area contributed by atoms with Crippen molar-refractivity contribution in [3.05, 3.63) is 36.5 Å². The molecule has 0 rings (SSSR count). The number of carbonyl (C=O) groups excluding carboxylic acids is 3. The molecule has 1 atom stereocenters. The standard InChI is InChI=1S/C63H116O6/c1-4-7-10-13-15-17-19-21-23-25-27-29-31-33-35-37-39-41-43-45-47-50-53-56-62(65)68-59-60(58-67-61(64)55-52-49-12-9-6-3)69-63(66)57-54-51-48-46-44-42-40-38-36-34-32-30-28-26-24-22-20-18-16-14-11-8-5-2/h19,21,25-28,60H,4-18,20,22-24,29-59H2,1-3H3/b21-19-,27-25-,28-26-. The van der Waals surface area contributed by atoms with Gasteiger partial charge in [0.15, 0.2) is 6.10 Å². The molecule has 1 unspecified atom stereocenters. The van der Waals surface area contributed by atoms with Gasteiger partial charge in [-0.25, -0.2) is 0 Å². The largest absolute Gasteiger partial charge is 0.462 e. The fourth-order valence-corrected chi connectivity index (χ4v) is 9.00. The molecule has 0 aliphatic carbocycles. The van der Waals surface area contributed by atoms with E-state index in [9.17, 15) is 14.4 Å². The molecular weight excluding hydrogens is 853 g/mol. The average molecular weight is 970 g/mol. The normalized spacial score (nSPS) is 12.2. The van der Waals surface area contributed by atoms with Gasteiger partial charge in [0.05, 0.1) is 0 Å². The fourth-order valence-electron chi connectivity index (χ4n) is 9.00. The molecule has 0 radical (unpaired) electrons. The first-order chi connectivity index (χ1) is 34.0. The molecular formula is C63H116O6. The molecule has 0 amide bonds. The van der Waals surface area contributed by atoms with E-state index < -0.39 is 6.10 Å². The molecule has 0 aromatic heterocycles. The highest BCUT2D eigenvalue weighted by Crippen LogP contribution is 2.17. The molecule has 0 N–H and O–H groups in total. The van der Waals surface area contributed by atoms with E-state index in [1.165, 1.54) is 218 Å². The van der Waals surface area contributed by atoms with Crippen molar-refractivity contribution in [1.82, 2.24) is 0 Å². The Morgan fingerprint density at radius 1 is 0.290 bits per heavy atom. The second-order valence-corrected chi connectivity index (χ2v) is 20.6. The summed E-state index contributed by atoms with van der Waals surface area (Å²) in [5.41, 5.74) is 0. The molecule has 0 fully saturated rings. The molecule has 6 heteroatoms. The number of allylic oxidation sites excluding steroid dienone is 6. The van der Waals surface area contributed by atoms with E-state index in [0.717, 1.165) is 70.6 Å². The zero-order valence-electron chi connectivity index (χ0n) is 46.3. The van der Waals surface area contributed by atoms with Crippen LogP contribution in [0.1, 0.15) is 329 Å². The zero-order chi connectivity index (χ0) is 50.0. The summed E-state index contributed by atoms with van der Waals surface area (Å²) in [4.78, 5) is 37.9. The molecule has 0 spiro atoms. The molecule has 69 heavy (non-hydrogen) atoms. The highest BCUT2D eigenvalue weighted by Gasteiger charge is 2.19. The van der Waals surface area contributed by atoms with Crippen molar-refractivity contribution in [1.29, 1.82) is 0 Å². The van der Waals surface area contributed by atoms with Crippen LogP contribution in [0.25, 0.3) is 0 Å². The first-order valence-corrected chi connectivity index (χ1v) is 30.5. The van der Waals surface area contributed by atoms with Crippen molar-refractivity contribution in [3.63, 3.8) is 0 Å². The van der Waals surface area contributed by atoms with Crippen molar-refractivity contribution >= 4 is 17.9 Å². The van der Waals surface area contributed by atoms with Crippen LogP contribution in [0.2, 0.25) is 0 Å². The summed E-state index contributed by atoms with van der Waals surface area (Å²) in [6, 6.07) is 0. The molecule has 0 aromatic carbocycles. The number of unbranched alkanes of at least 4 members (excludes halogenated alkanes) is 39. The molecule has 0 aromatic rings. The summed E-state index contributed by atoms with van der Waals surface area (Å²) >= 11 is 0. The van der Waals surface area contributed by atoms with Crippen LogP contribution in [0.3, 0.4) is 0 Å². The van der Waals surface area contributed by atoms with E-state index in [0.29, 0.717) is 19.3 Å². The van der Waals surface area contributed by atoms with Crippen LogP contribution in [-0.4, -0.2) is 37.2 Å². The van der Waals surface area contributed by atoms with Gasteiger partial charge in [-0.05, 0) is 77.0 Å². The summed E-state index contributed by atoms with van der Waals surface area (Å²) in [5, 5.41) is 0. The second-order valence-electron chi connectivity index (χ2n) is 20.6. The Morgan fingerprint density at radius 3 is 0.812 bits per heavy atom. The minimum absolute atomic E-state index is 0.0710. The van der Waals surface area contributed by atoms with Gasteiger partial charge < -0.3 is 14.2 Å². The Morgan fingerprint density at radius 2 is 0.522 bits per heavy atom. The molecule has 404 valence electrons. The smallest absolute Gasteiger partial charge is 0.306 e. The molecule has 0 bridgehead atoms. The summed E-state index contributed by atoms with van der Waals surface area (Å²) in [7, 11) is 0. The Labute approximate surface area is 429 Å². The topological polar surface area (TPSA) is 78.9 Å². The van der Waals surface area contributed by atoms with Crippen LogP contribution >= 0.6 is 0 Å². The van der Waals surface area contributed by atoms with Crippen molar-refractivity contribution in [2.45, 2.75) is 335 Å². The van der Waals surface area contributed by atoms with E-state index in [1.807, 2.05) is 0 Å². The van der Waals surface area contributed by atoms with Crippen LogP contribution in [-0.2, 0) is 28.6 Å². The molecule has 0 aliphatic heterocycles. The monoisotopic (exact) mass is 969 g/mol.